The fourth-order valence-corrected chi connectivity index (χ4v) is 2.75. The quantitative estimate of drug-likeness (QED) is 0.689. The Kier molecular flexibility index (Phi) is 5.57. The molecule has 1 unspecified atom stereocenters. The minimum absolute atomic E-state index is 0.173. The Morgan fingerprint density at radius 2 is 2.04 bits per heavy atom. The minimum atomic E-state index is 0.173. The van der Waals surface area contributed by atoms with E-state index in [0.717, 1.165) is 41.2 Å². The molecule has 1 atom stereocenters. The van der Waals surface area contributed by atoms with Gasteiger partial charge in [-0.25, -0.2) is 9.97 Å². The third kappa shape index (κ3) is 4.32. The Labute approximate surface area is 148 Å². The molecule has 3 rings (SSSR count). The van der Waals surface area contributed by atoms with E-state index in [1.54, 1.807) is 19.6 Å². The molecule has 0 aliphatic rings. The van der Waals surface area contributed by atoms with Crippen LogP contribution in [-0.2, 0) is 0 Å². The lowest BCUT2D eigenvalue weighted by atomic mass is 10.0. The van der Waals surface area contributed by atoms with E-state index in [0.29, 0.717) is 0 Å². The molecule has 0 radical (unpaired) electrons. The molecular weight excluding hydrogens is 312 g/mol. The number of nitrogens with one attached hydrogen (secondary N) is 1. The molecule has 0 amide bonds. The molecule has 0 saturated carbocycles. The zero-order valence-electron chi connectivity index (χ0n) is 14.5. The third-order valence-corrected chi connectivity index (χ3v) is 4.02. The van der Waals surface area contributed by atoms with Crippen molar-refractivity contribution < 1.29 is 4.74 Å². The van der Waals surface area contributed by atoms with Gasteiger partial charge in [-0.15, -0.1) is 0 Å². The molecule has 0 spiro atoms. The van der Waals surface area contributed by atoms with Crippen LogP contribution in [0.15, 0.2) is 61.2 Å². The van der Waals surface area contributed by atoms with Gasteiger partial charge in [-0.3, -0.25) is 4.98 Å². The Balaban J connectivity index is 1.85. The third-order valence-electron chi connectivity index (χ3n) is 4.02. The molecular formula is C20H22N4O. The molecule has 5 nitrogen and oxygen atoms in total. The van der Waals surface area contributed by atoms with Crippen molar-refractivity contribution in [3.63, 3.8) is 0 Å². The first-order valence-electron chi connectivity index (χ1n) is 8.43. The Bertz CT molecular complexity index is 808. The number of rotatable bonds is 7. The predicted octanol–water partition coefficient (Wildman–Crippen LogP) is 4.50. The summed E-state index contributed by atoms with van der Waals surface area (Å²) in [6, 6.07) is 14.0. The second kappa shape index (κ2) is 8.24. The van der Waals surface area contributed by atoms with Crippen LogP contribution in [0.3, 0.4) is 0 Å². The number of ether oxygens (including phenoxy) is 1. The summed E-state index contributed by atoms with van der Waals surface area (Å²) in [6.45, 7) is 2.17. The van der Waals surface area contributed by atoms with Gasteiger partial charge in [-0.2, -0.15) is 0 Å². The Hall–Kier alpha value is -2.95. The van der Waals surface area contributed by atoms with Crippen LogP contribution in [0.4, 0.5) is 5.82 Å². The molecule has 0 bridgehead atoms. The molecule has 0 fully saturated rings. The van der Waals surface area contributed by atoms with Crippen molar-refractivity contribution in [2.24, 2.45) is 0 Å². The number of aromatic nitrogens is 3. The van der Waals surface area contributed by atoms with Crippen LogP contribution in [0.25, 0.3) is 11.3 Å². The largest absolute Gasteiger partial charge is 0.497 e. The van der Waals surface area contributed by atoms with Gasteiger partial charge in [-0.1, -0.05) is 31.5 Å². The number of pyridine rings is 1. The van der Waals surface area contributed by atoms with Gasteiger partial charge in [0.2, 0.25) is 0 Å². The maximum atomic E-state index is 5.29. The van der Waals surface area contributed by atoms with Gasteiger partial charge in [0, 0.05) is 24.0 Å². The van der Waals surface area contributed by atoms with Crippen molar-refractivity contribution in [1.82, 2.24) is 15.0 Å². The predicted molar refractivity (Wildman–Crippen MR) is 99.5 cm³/mol. The zero-order chi connectivity index (χ0) is 17.5. The smallest absolute Gasteiger partial charge is 0.130 e. The van der Waals surface area contributed by atoms with E-state index >= 15 is 0 Å². The summed E-state index contributed by atoms with van der Waals surface area (Å²) in [4.78, 5) is 13.0. The summed E-state index contributed by atoms with van der Waals surface area (Å²) in [6.07, 6.45) is 7.35. The summed E-state index contributed by atoms with van der Waals surface area (Å²) in [7, 11) is 1.66. The highest BCUT2D eigenvalue weighted by Crippen LogP contribution is 2.26. The average molecular weight is 334 g/mol. The molecule has 128 valence electrons. The maximum Gasteiger partial charge on any atom is 0.130 e. The maximum absolute atomic E-state index is 5.29. The van der Waals surface area contributed by atoms with Crippen LogP contribution in [0.5, 0.6) is 5.75 Å². The SMILES string of the molecule is CCCC(Nc1cc(-c2cccc(OC)c2)ncn1)c1cccnc1. The summed E-state index contributed by atoms with van der Waals surface area (Å²) in [5.74, 6) is 1.61. The summed E-state index contributed by atoms with van der Waals surface area (Å²) in [5, 5.41) is 3.51. The van der Waals surface area contributed by atoms with Crippen molar-refractivity contribution in [3.8, 4) is 17.0 Å². The fourth-order valence-electron chi connectivity index (χ4n) is 2.75. The highest BCUT2D eigenvalue weighted by atomic mass is 16.5. The topological polar surface area (TPSA) is 59.9 Å². The molecule has 1 N–H and O–H groups in total. The van der Waals surface area contributed by atoms with Gasteiger partial charge in [0.1, 0.15) is 17.9 Å². The molecule has 0 saturated heterocycles. The molecule has 25 heavy (non-hydrogen) atoms. The molecule has 2 aromatic heterocycles. The number of hydrogen-bond acceptors (Lipinski definition) is 5. The second-order valence-electron chi connectivity index (χ2n) is 5.79. The van der Waals surface area contributed by atoms with E-state index in [9.17, 15) is 0 Å². The number of methoxy groups -OCH3 is 1. The fraction of sp³-hybridized carbons (Fsp3) is 0.250. The first-order chi connectivity index (χ1) is 12.3. The van der Waals surface area contributed by atoms with Crippen LogP contribution >= 0.6 is 0 Å². The highest BCUT2D eigenvalue weighted by Gasteiger charge is 2.12. The molecule has 5 heteroatoms. The number of hydrogen-bond donors (Lipinski definition) is 1. The molecule has 1 aromatic carbocycles. The van der Waals surface area contributed by atoms with Gasteiger partial charge < -0.3 is 10.1 Å². The standard InChI is InChI=1S/C20H22N4O/c1-3-6-18(16-8-5-10-21-13-16)24-20-12-19(22-14-23-20)15-7-4-9-17(11-15)25-2/h4-5,7-14,18H,3,6H2,1-2H3,(H,22,23,24). The van der Waals surface area contributed by atoms with Crippen LogP contribution in [0.1, 0.15) is 31.4 Å². The van der Waals surface area contributed by atoms with Gasteiger partial charge in [0.15, 0.2) is 0 Å². The first-order valence-corrected chi connectivity index (χ1v) is 8.43. The van der Waals surface area contributed by atoms with Crippen molar-refractivity contribution in [1.29, 1.82) is 0 Å². The number of nitrogens with zero attached hydrogens (tertiary/aromatic N) is 3. The lowest BCUT2D eigenvalue weighted by Gasteiger charge is -2.19. The average Bonchev–Trinajstić information content (AvgIpc) is 2.68. The number of benzene rings is 1. The van der Waals surface area contributed by atoms with Crippen molar-refractivity contribution >= 4 is 5.82 Å². The summed E-state index contributed by atoms with van der Waals surface area (Å²) in [5.41, 5.74) is 3.02. The minimum Gasteiger partial charge on any atom is -0.497 e. The van der Waals surface area contributed by atoms with E-state index in [2.05, 4.69) is 33.3 Å². The van der Waals surface area contributed by atoms with E-state index in [1.165, 1.54) is 0 Å². The van der Waals surface area contributed by atoms with E-state index in [1.807, 2.05) is 42.6 Å². The Morgan fingerprint density at radius 3 is 2.80 bits per heavy atom. The van der Waals surface area contributed by atoms with E-state index in [4.69, 9.17) is 4.74 Å². The molecule has 2 heterocycles. The summed E-state index contributed by atoms with van der Waals surface area (Å²) < 4.78 is 5.29. The first kappa shape index (κ1) is 16.9. The monoisotopic (exact) mass is 334 g/mol. The molecule has 0 aliphatic carbocycles. The van der Waals surface area contributed by atoms with E-state index < -0.39 is 0 Å². The Morgan fingerprint density at radius 1 is 1.12 bits per heavy atom. The van der Waals surface area contributed by atoms with E-state index in [-0.39, 0.29) is 6.04 Å². The highest BCUT2D eigenvalue weighted by molar-refractivity contribution is 5.64. The van der Waals surface area contributed by atoms with Crippen LogP contribution in [0, 0.1) is 0 Å². The van der Waals surface area contributed by atoms with Crippen LogP contribution < -0.4 is 10.1 Å². The second-order valence-corrected chi connectivity index (χ2v) is 5.79. The van der Waals surface area contributed by atoms with Gasteiger partial charge in [0.25, 0.3) is 0 Å². The normalized spacial score (nSPS) is 11.8. The van der Waals surface area contributed by atoms with Crippen molar-refractivity contribution in [2.45, 2.75) is 25.8 Å². The molecule has 3 aromatic rings. The van der Waals surface area contributed by atoms with Crippen molar-refractivity contribution in [2.75, 3.05) is 12.4 Å². The summed E-state index contributed by atoms with van der Waals surface area (Å²) >= 11 is 0. The van der Waals surface area contributed by atoms with Crippen LogP contribution in [-0.4, -0.2) is 22.1 Å². The number of anilines is 1. The van der Waals surface area contributed by atoms with Crippen molar-refractivity contribution in [3.05, 3.63) is 66.7 Å². The van der Waals surface area contributed by atoms with Gasteiger partial charge in [0.05, 0.1) is 18.8 Å². The van der Waals surface area contributed by atoms with Crippen LogP contribution in [0.2, 0.25) is 0 Å². The molecule has 0 aliphatic heterocycles. The zero-order valence-corrected chi connectivity index (χ0v) is 14.5. The lowest BCUT2D eigenvalue weighted by molar-refractivity contribution is 0.415. The lowest BCUT2D eigenvalue weighted by Crippen LogP contribution is -2.12. The van der Waals surface area contributed by atoms with Gasteiger partial charge >= 0.3 is 0 Å². The van der Waals surface area contributed by atoms with Gasteiger partial charge in [-0.05, 0) is 30.2 Å².